The van der Waals surface area contributed by atoms with Crippen molar-refractivity contribution < 1.29 is 22.7 Å². The maximum atomic E-state index is 14.8. The first-order valence-electron chi connectivity index (χ1n) is 16.5. The van der Waals surface area contributed by atoms with Crippen LogP contribution in [0.4, 0.5) is 5.69 Å². The Bertz CT molecular complexity index is 1910. The Morgan fingerprint density at radius 3 is 2.28 bits per heavy atom. The van der Waals surface area contributed by atoms with Crippen molar-refractivity contribution in [2.24, 2.45) is 0 Å². The number of nitrogens with one attached hydrogen (secondary N) is 1. The van der Waals surface area contributed by atoms with Gasteiger partial charge in [-0.2, -0.15) is 0 Å². The van der Waals surface area contributed by atoms with Crippen LogP contribution >= 0.6 is 39.1 Å². The largest absolute Gasteiger partial charge is 0.496 e. The lowest BCUT2D eigenvalue weighted by molar-refractivity contribution is -0.140. The molecule has 1 saturated carbocycles. The van der Waals surface area contributed by atoms with E-state index in [-0.39, 0.29) is 29.8 Å². The van der Waals surface area contributed by atoms with Crippen LogP contribution in [0.1, 0.15) is 48.8 Å². The van der Waals surface area contributed by atoms with Gasteiger partial charge >= 0.3 is 0 Å². The summed E-state index contributed by atoms with van der Waals surface area (Å²) in [7, 11) is -2.81. The molecule has 0 spiro atoms. The van der Waals surface area contributed by atoms with Gasteiger partial charge in [-0.25, -0.2) is 8.42 Å². The van der Waals surface area contributed by atoms with E-state index in [1.807, 2.05) is 37.3 Å². The molecule has 4 aromatic rings. The molecule has 12 heteroatoms. The average Bonchev–Trinajstić information content (AvgIpc) is 3.10. The highest BCUT2D eigenvalue weighted by atomic mass is 79.9. The highest BCUT2D eigenvalue weighted by molar-refractivity contribution is 9.10. The van der Waals surface area contributed by atoms with Crippen molar-refractivity contribution in [3.63, 3.8) is 0 Å². The summed E-state index contributed by atoms with van der Waals surface area (Å²) in [5.41, 5.74) is 2.64. The van der Waals surface area contributed by atoms with Gasteiger partial charge in [-0.3, -0.25) is 13.9 Å². The minimum atomic E-state index is -4.30. The lowest BCUT2D eigenvalue weighted by Crippen LogP contribution is -2.55. The number of anilines is 1. The summed E-state index contributed by atoms with van der Waals surface area (Å²) in [4.78, 5) is 30.5. The van der Waals surface area contributed by atoms with Crippen LogP contribution in [0.25, 0.3) is 0 Å². The van der Waals surface area contributed by atoms with E-state index in [1.165, 1.54) is 24.1 Å². The first kappa shape index (κ1) is 37.7. The Morgan fingerprint density at radius 1 is 0.940 bits per heavy atom. The molecule has 1 fully saturated rings. The van der Waals surface area contributed by atoms with Crippen LogP contribution in [0.2, 0.25) is 10.0 Å². The van der Waals surface area contributed by atoms with Gasteiger partial charge in [-0.1, -0.05) is 96.6 Å². The number of carbonyl (C=O) groups excluding carboxylic acids is 2. The van der Waals surface area contributed by atoms with Gasteiger partial charge in [0.25, 0.3) is 10.0 Å². The molecule has 1 N–H and O–H groups in total. The molecule has 1 aliphatic carbocycles. The van der Waals surface area contributed by atoms with Crippen LogP contribution in [0.5, 0.6) is 5.75 Å². The number of hydrogen-bond acceptors (Lipinski definition) is 5. The zero-order valence-corrected chi connectivity index (χ0v) is 31.9. The molecule has 8 nitrogen and oxygen atoms in total. The average molecular weight is 802 g/mol. The van der Waals surface area contributed by atoms with E-state index in [0.717, 1.165) is 47.5 Å². The third-order valence-electron chi connectivity index (χ3n) is 8.89. The number of ether oxygens (including phenoxy) is 1. The number of methoxy groups -OCH3 is 1. The number of benzene rings is 4. The van der Waals surface area contributed by atoms with Gasteiger partial charge in [-0.15, -0.1) is 0 Å². The Morgan fingerprint density at radius 2 is 1.64 bits per heavy atom. The van der Waals surface area contributed by atoms with Crippen LogP contribution in [-0.4, -0.2) is 50.9 Å². The summed E-state index contributed by atoms with van der Waals surface area (Å²) in [6, 6.07) is 24.8. The van der Waals surface area contributed by atoms with Crippen molar-refractivity contribution in [2.75, 3.05) is 18.0 Å². The number of aryl methyl sites for hydroxylation is 1. The van der Waals surface area contributed by atoms with E-state index >= 15 is 0 Å². The first-order chi connectivity index (χ1) is 24.0. The van der Waals surface area contributed by atoms with Gasteiger partial charge in [0, 0.05) is 29.1 Å². The van der Waals surface area contributed by atoms with Gasteiger partial charge < -0.3 is 15.0 Å². The second-order valence-electron chi connectivity index (χ2n) is 12.4. The predicted octanol–water partition coefficient (Wildman–Crippen LogP) is 8.36. The van der Waals surface area contributed by atoms with E-state index in [4.69, 9.17) is 27.9 Å². The molecular weight excluding hydrogens is 761 g/mol. The topological polar surface area (TPSA) is 96.0 Å². The molecule has 50 heavy (non-hydrogen) atoms. The second-order valence-corrected chi connectivity index (χ2v) is 16.0. The van der Waals surface area contributed by atoms with Gasteiger partial charge in [0.1, 0.15) is 18.3 Å². The van der Waals surface area contributed by atoms with Crippen molar-refractivity contribution >= 4 is 66.7 Å². The Kier molecular flexibility index (Phi) is 12.9. The molecule has 2 amide bonds. The molecule has 0 aromatic heterocycles. The SMILES string of the molecule is COc1ccc(S(=O)(=O)N(CC(=O)N(Cc2ccc(Cl)cc2Cl)[C@@H](Cc2ccccc2)C(=O)NC2CCCCC2)c2ccc(C)cc2)cc1Br. The number of nitrogens with zero attached hydrogens (tertiary/aromatic N) is 2. The van der Waals surface area contributed by atoms with Gasteiger partial charge in [0.2, 0.25) is 11.8 Å². The monoisotopic (exact) mass is 799 g/mol. The van der Waals surface area contributed by atoms with Crippen molar-refractivity contribution in [1.82, 2.24) is 10.2 Å². The van der Waals surface area contributed by atoms with E-state index in [1.54, 1.807) is 48.5 Å². The van der Waals surface area contributed by atoms with Crippen LogP contribution in [0.3, 0.4) is 0 Å². The normalized spacial score (nSPS) is 14.1. The van der Waals surface area contributed by atoms with Crippen molar-refractivity contribution in [2.45, 2.75) is 69.0 Å². The lowest BCUT2D eigenvalue weighted by Gasteiger charge is -2.35. The summed E-state index contributed by atoms with van der Waals surface area (Å²) in [5.74, 6) is -0.420. The van der Waals surface area contributed by atoms with Crippen LogP contribution in [0.15, 0.2) is 100 Å². The van der Waals surface area contributed by atoms with Gasteiger partial charge in [0.15, 0.2) is 0 Å². The molecule has 264 valence electrons. The van der Waals surface area contributed by atoms with Crippen molar-refractivity contribution in [3.05, 3.63) is 122 Å². The summed E-state index contributed by atoms with van der Waals surface area (Å²) in [5, 5.41) is 3.96. The first-order valence-corrected chi connectivity index (χ1v) is 19.5. The molecule has 1 atom stereocenters. The van der Waals surface area contributed by atoms with E-state index < -0.39 is 28.5 Å². The third kappa shape index (κ3) is 9.40. The third-order valence-corrected chi connectivity index (χ3v) is 11.9. The molecule has 0 aliphatic heterocycles. The second kappa shape index (κ2) is 17.1. The fourth-order valence-corrected chi connectivity index (χ4v) is 8.71. The highest BCUT2D eigenvalue weighted by Crippen LogP contribution is 2.32. The molecule has 0 unspecified atom stereocenters. The van der Waals surface area contributed by atoms with Gasteiger partial charge in [-0.05, 0) is 89.3 Å². The maximum absolute atomic E-state index is 14.8. The van der Waals surface area contributed by atoms with Crippen LogP contribution in [0, 0.1) is 6.92 Å². The Balaban J connectivity index is 1.59. The summed E-state index contributed by atoms with van der Waals surface area (Å²) < 4.78 is 35.7. The quantitative estimate of drug-likeness (QED) is 0.147. The number of hydrogen-bond donors (Lipinski definition) is 1. The van der Waals surface area contributed by atoms with E-state index in [0.29, 0.717) is 31.5 Å². The number of carbonyl (C=O) groups is 2. The molecule has 0 bridgehead atoms. The van der Waals surface area contributed by atoms with Gasteiger partial charge in [0.05, 0.1) is 22.2 Å². The Labute approximate surface area is 312 Å². The smallest absolute Gasteiger partial charge is 0.264 e. The summed E-state index contributed by atoms with van der Waals surface area (Å²) in [6.07, 6.45) is 5.08. The fourth-order valence-electron chi connectivity index (χ4n) is 6.11. The molecule has 4 aromatic carbocycles. The zero-order chi connectivity index (χ0) is 35.8. The number of sulfonamides is 1. The zero-order valence-electron chi connectivity index (χ0n) is 27.9. The number of amides is 2. The van der Waals surface area contributed by atoms with E-state index in [9.17, 15) is 18.0 Å². The van der Waals surface area contributed by atoms with Crippen molar-refractivity contribution in [1.29, 1.82) is 0 Å². The fraction of sp³-hybridized carbons (Fsp3) is 0.316. The Hall–Kier alpha value is -3.57. The number of halogens is 3. The van der Waals surface area contributed by atoms with Crippen molar-refractivity contribution in [3.8, 4) is 5.75 Å². The minimum absolute atomic E-state index is 0.0106. The molecule has 1 aliphatic rings. The molecular formula is C38H40BrCl2N3O5S. The predicted molar refractivity (Wildman–Crippen MR) is 202 cm³/mol. The maximum Gasteiger partial charge on any atom is 0.264 e. The molecule has 0 saturated heterocycles. The van der Waals surface area contributed by atoms with Crippen LogP contribution in [-0.2, 0) is 32.6 Å². The van der Waals surface area contributed by atoms with E-state index in [2.05, 4.69) is 21.2 Å². The summed E-state index contributed by atoms with van der Waals surface area (Å²) >= 11 is 16.3. The minimum Gasteiger partial charge on any atom is -0.496 e. The molecule has 0 radical (unpaired) electrons. The lowest BCUT2D eigenvalue weighted by atomic mass is 9.94. The standard InChI is InChI=1S/C38H40BrCl2N3O5S/c1-26-13-17-31(18-14-26)44(50(47,48)32-19-20-36(49-2)33(39)23-32)25-37(45)43(24-28-15-16-29(40)22-34(28)41)35(21-27-9-5-3-6-10-27)38(46)42-30-11-7-4-8-12-30/h3,5-6,9-10,13-20,22-23,30,35H,4,7-8,11-12,21,24-25H2,1-2H3,(H,42,46)/t35-/m0/s1. The number of rotatable bonds is 13. The summed E-state index contributed by atoms with van der Waals surface area (Å²) in [6.45, 7) is 1.26. The molecule has 5 rings (SSSR count). The van der Waals surface area contributed by atoms with Crippen LogP contribution < -0.4 is 14.4 Å². The highest BCUT2D eigenvalue weighted by Gasteiger charge is 2.36. The molecule has 0 heterocycles.